The maximum Gasteiger partial charge on any atom is 0.323 e. The summed E-state index contributed by atoms with van der Waals surface area (Å²) >= 11 is 0. The maximum absolute atomic E-state index is 12.6. The van der Waals surface area contributed by atoms with E-state index in [0.717, 1.165) is 17.0 Å². The fourth-order valence-electron chi connectivity index (χ4n) is 3.92. The first-order valence-corrected chi connectivity index (χ1v) is 10.1. The molecule has 1 N–H and O–H groups in total. The molecule has 2 heterocycles. The van der Waals surface area contributed by atoms with Gasteiger partial charge in [-0.2, -0.15) is 5.10 Å². The second kappa shape index (κ2) is 9.86. The Balaban J connectivity index is 1.60. The molecule has 8 heteroatoms. The molecule has 0 aliphatic carbocycles. The predicted octanol–water partition coefficient (Wildman–Crippen LogP) is 1.43. The van der Waals surface area contributed by atoms with E-state index in [9.17, 15) is 9.59 Å². The topological polar surface area (TPSA) is 85.7 Å². The molecule has 3 rings (SSSR count). The smallest absolute Gasteiger partial charge is 0.323 e. The average Bonchev–Trinajstić information content (AvgIpc) is 3.27. The van der Waals surface area contributed by atoms with Crippen LogP contribution in [0.1, 0.15) is 28.9 Å². The number of aryl methyl sites for hydroxylation is 1. The first kappa shape index (κ1) is 22.0. The number of aromatic nitrogens is 2. The van der Waals surface area contributed by atoms with Gasteiger partial charge in [-0.1, -0.05) is 30.3 Å². The molecule has 1 amide bonds. The lowest BCUT2D eigenvalue weighted by Crippen LogP contribution is -2.43. The van der Waals surface area contributed by atoms with Crippen LogP contribution in [0.5, 0.6) is 0 Å². The van der Waals surface area contributed by atoms with E-state index in [-0.39, 0.29) is 24.5 Å². The average molecular weight is 415 g/mol. The summed E-state index contributed by atoms with van der Waals surface area (Å²) in [5, 5.41) is 7.60. The third-order valence-electron chi connectivity index (χ3n) is 5.69. The largest absolute Gasteiger partial charge is 0.468 e. The van der Waals surface area contributed by atoms with Gasteiger partial charge in [0.2, 0.25) is 5.91 Å². The zero-order valence-electron chi connectivity index (χ0n) is 18.1. The zero-order valence-corrected chi connectivity index (χ0v) is 18.1. The summed E-state index contributed by atoms with van der Waals surface area (Å²) in [5.74, 6) is -0.480. The van der Waals surface area contributed by atoms with Crippen molar-refractivity contribution in [3.05, 3.63) is 52.8 Å². The molecular formula is C22H30N4O4. The normalized spacial score (nSPS) is 19.1. The SMILES string of the molecule is COC(=O)[C@H]1C[C@H](OC)CN1CC(=O)NCc1c(C)nn(Cc2ccccc2)c1C. The Kier molecular flexibility index (Phi) is 7.23. The molecule has 0 radical (unpaired) electrons. The fourth-order valence-corrected chi connectivity index (χ4v) is 3.92. The third-order valence-corrected chi connectivity index (χ3v) is 5.69. The quantitative estimate of drug-likeness (QED) is 0.658. The Morgan fingerprint density at radius 3 is 2.60 bits per heavy atom. The van der Waals surface area contributed by atoms with Crippen LogP contribution in [0.25, 0.3) is 0 Å². The first-order valence-electron chi connectivity index (χ1n) is 10.1. The number of carbonyl (C=O) groups excluding carboxylic acids is 2. The number of carbonyl (C=O) groups is 2. The molecule has 30 heavy (non-hydrogen) atoms. The number of methoxy groups -OCH3 is 2. The minimum Gasteiger partial charge on any atom is -0.468 e. The maximum atomic E-state index is 12.6. The second-order valence-electron chi connectivity index (χ2n) is 7.63. The number of nitrogens with zero attached hydrogens (tertiary/aromatic N) is 3. The molecule has 1 aliphatic heterocycles. The van der Waals surface area contributed by atoms with Crippen LogP contribution in [0.4, 0.5) is 0 Å². The van der Waals surface area contributed by atoms with Crippen LogP contribution in [-0.4, -0.2) is 66.0 Å². The Labute approximate surface area is 177 Å². The standard InChI is InChI=1S/C22H30N4O4/c1-15-19(16(2)26(24-15)12-17-8-6-5-7-9-17)11-23-21(27)14-25-13-18(29-3)10-20(25)22(28)30-4/h5-9,18,20H,10-14H2,1-4H3,(H,23,27)/t18-,20+/m0/s1. The summed E-state index contributed by atoms with van der Waals surface area (Å²) in [6.07, 6.45) is 0.448. The second-order valence-corrected chi connectivity index (χ2v) is 7.63. The lowest BCUT2D eigenvalue weighted by atomic mass is 10.2. The third kappa shape index (κ3) is 5.06. The van der Waals surface area contributed by atoms with Gasteiger partial charge in [0, 0.05) is 37.9 Å². The number of esters is 1. The van der Waals surface area contributed by atoms with Gasteiger partial charge in [-0.25, -0.2) is 0 Å². The van der Waals surface area contributed by atoms with Crippen molar-refractivity contribution in [2.24, 2.45) is 0 Å². The van der Waals surface area contributed by atoms with Crippen molar-refractivity contribution in [2.75, 3.05) is 27.3 Å². The summed E-state index contributed by atoms with van der Waals surface area (Å²) in [6, 6.07) is 9.69. The van der Waals surface area contributed by atoms with Gasteiger partial charge in [0.15, 0.2) is 0 Å². The van der Waals surface area contributed by atoms with E-state index in [1.54, 1.807) is 7.11 Å². The van der Waals surface area contributed by atoms with E-state index < -0.39 is 6.04 Å². The van der Waals surface area contributed by atoms with Gasteiger partial charge in [0.05, 0.1) is 32.0 Å². The van der Waals surface area contributed by atoms with Gasteiger partial charge in [0.1, 0.15) is 6.04 Å². The summed E-state index contributed by atoms with van der Waals surface area (Å²) < 4.78 is 12.2. The van der Waals surface area contributed by atoms with Crippen molar-refractivity contribution in [1.29, 1.82) is 0 Å². The Bertz CT molecular complexity index is 881. The highest BCUT2D eigenvalue weighted by Crippen LogP contribution is 2.21. The first-order chi connectivity index (χ1) is 14.4. The van der Waals surface area contributed by atoms with Gasteiger partial charge in [-0.15, -0.1) is 0 Å². The molecule has 1 fully saturated rings. The molecule has 0 spiro atoms. The molecule has 0 bridgehead atoms. The molecule has 0 unspecified atom stereocenters. The lowest BCUT2D eigenvalue weighted by Gasteiger charge is -2.21. The molecule has 1 aromatic heterocycles. The van der Waals surface area contributed by atoms with Crippen LogP contribution in [0.3, 0.4) is 0 Å². The number of amides is 1. The molecule has 1 aromatic carbocycles. The van der Waals surface area contributed by atoms with Crippen LogP contribution in [0.2, 0.25) is 0 Å². The van der Waals surface area contributed by atoms with Gasteiger partial charge >= 0.3 is 5.97 Å². The highest BCUT2D eigenvalue weighted by atomic mass is 16.5. The summed E-state index contributed by atoms with van der Waals surface area (Å²) in [7, 11) is 2.97. The number of benzene rings is 1. The summed E-state index contributed by atoms with van der Waals surface area (Å²) in [5.41, 5.74) is 4.12. The Morgan fingerprint density at radius 2 is 1.93 bits per heavy atom. The highest BCUT2D eigenvalue weighted by Gasteiger charge is 2.38. The number of rotatable bonds is 8. The van der Waals surface area contributed by atoms with Crippen LogP contribution in [0.15, 0.2) is 30.3 Å². The van der Waals surface area contributed by atoms with Gasteiger partial charge in [-0.05, 0) is 19.4 Å². The molecular weight excluding hydrogens is 384 g/mol. The highest BCUT2D eigenvalue weighted by molar-refractivity contribution is 5.81. The summed E-state index contributed by atoms with van der Waals surface area (Å²) in [6.45, 7) is 5.70. The molecule has 162 valence electrons. The van der Waals surface area contributed by atoms with Crippen molar-refractivity contribution < 1.29 is 19.1 Å². The van der Waals surface area contributed by atoms with E-state index >= 15 is 0 Å². The zero-order chi connectivity index (χ0) is 21.7. The molecule has 1 saturated heterocycles. The van der Waals surface area contributed by atoms with E-state index in [4.69, 9.17) is 9.47 Å². The Hall–Kier alpha value is -2.71. The van der Waals surface area contributed by atoms with Crippen molar-refractivity contribution >= 4 is 11.9 Å². The fraction of sp³-hybridized carbons (Fsp3) is 0.500. The Morgan fingerprint density at radius 1 is 1.20 bits per heavy atom. The van der Waals surface area contributed by atoms with Crippen molar-refractivity contribution in [3.8, 4) is 0 Å². The van der Waals surface area contributed by atoms with Crippen LogP contribution >= 0.6 is 0 Å². The predicted molar refractivity (Wildman–Crippen MR) is 112 cm³/mol. The monoisotopic (exact) mass is 414 g/mol. The number of hydrogen-bond acceptors (Lipinski definition) is 6. The van der Waals surface area contributed by atoms with E-state index in [0.29, 0.717) is 26.1 Å². The van der Waals surface area contributed by atoms with E-state index in [1.165, 1.54) is 12.7 Å². The number of nitrogens with one attached hydrogen (secondary N) is 1. The lowest BCUT2D eigenvalue weighted by molar-refractivity contribution is -0.146. The van der Waals surface area contributed by atoms with Crippen molar-refractivity contribution in [2.45, 2.75) is 45.5 Å². The minimum atomic E-state index is -0.456. The van der Waals surface area contributed by atoms with Crippen molar-refractivity contribution in [1.82, 2.24) is 20.0 Å². The molecule has 2 atom stereocenters. The number of ether oxygens (including phenoxy) is 2. The van der Waals surface area contributed by atoms with Gasteiger partial charge < -0.3 is 14.8 Å². The van der Waals surface area contributed by atoms with Gasteiger partial charge in [-0.3, -0.25) is 19.2 Å². The van der Waals surface area contributed by atoms with Crippen LogP contribution in [0, 0.1) is 13.8 Å². The molecule has 2 aromatic rings. The molecule has 1 aliphatic rings. The number of hydrogen-bond donors (Lipinski definition) is 1. The minimum absolute atomic E-state index is 0.0809. The van der Waals surface area contributed by atoms with E-state index in [2.05, 4.69) is 22.5 Å². The number of likely N-dealkylation sites (tertiary alicyclic amines) is 1. The van der Waals surface area contributed by atoms with Crippen LogP contribution in [-0.2, 0) is 32.2 Å². The van der Waals surface area contributed by atoms with Crippen LogP contribution < -0.4 is 5.32 Å². The summed E-state index contributed by atoms with van der Waals surface area (Å²) in [4.78, 5) is 26.4. The van der Waals surface area contributed by atoms with Gasteiger partial charge in [0.25, 0.3) is 0 Å². The molecule has 8 nitrogen and oxygen atoms in total. The molecule has 0 saturated carbocycles. The van der Waals surface area contributed by atoms with E-state index in [1.807, 2.05) is 41.6 Å². The van der Waals surface area contributed by atoms with Crippen molar-refractivity contribution in [3.63, 3.8) is 0 Å².